The Morgan fingerprint density at radius 1 is 1.10 bits per heavy atom. The van der Waals surface area contributed by atoms with Gasteiger partial charge in [-0.05, 0) is 25.7 Å². The first kappa shape index (κ1) is 14.3. The molecule has 3 fully saturated rings. The van der Waals surface area contributed by atoms with Crippen LogP contribution < -0.4 is 5.73 Å². The highest BCUT2D eigenvalue weighted by atomic mass is 16.5. The lowest BCUT2D eigenvalue weighted by atomic mass is 10.0. The second-order valence-corrected chi connectivity index (χ2v) is 6.46. The van der Waals surface area contributed by atoms with Gasteiger partial charge in [0.25, 0.3) is 0 Å². The number of carbonyl (C=O) groups excluding carboxylic acids is 1. The summed E-state index contributed by atoms with van der Waals surface area (Å²) in [6, 6.07) is 0.0902. The first-order chi connectivity index (χ1) is 9.74. The molecule has 1 aliphatic carbocycles. The lowest BCUT2D eigenvalue weighted by molar-refractivity contribution is -0.137. The van der Waals surface area contributed by atoms with E-state index in [1.54, 1.807) is 0 Å². The summed E-state index contributed by atoms with van der Waals surface area (Å²) < 4.78 is 5.69. The van der Waals surface area contributed by atoms with Crippen molar-refractivity contribution in [3.63, 3.8) is 0 Å². The molecule has 2 heterocycles. The van der Waals surface area contributed by atoms with Gasteiger partial charge >= 0.3 is 0 Å². The second kappa shape index (κ2) is 6.41. The van der Waals surface area contributed by atoms with Crippen molar-refractivity contribution < 1.29 is 9.53 Å². The Balaban J connectivity index is 1.44. The van der Waals surface area contributed by atoms with Crippen molar-refractivity contribution in [3.05, 3.63) is 0 Å². The highest BCUT2D eigenvalue weighted by Gasteiger charge is 2.34. The van der Waals surface area contributed by atoms with E-state index < -0.39 is 0 Å². The maximum absolute atomic E-state index is 12.5. The SMILES string of the molecule is NC1CCCC1C(=O)N1CCN(CC2CCCO2)CC1. The highest BCUT2D eigenvalue weighted by Crippen LogP contribution is 2.26. The van der Waals surface area contributed by atoms with Gasteiger partial charge in [0.1, 0.15) is 0 Å². The summed E-state index contributed by atoms with van der Waals surface area (Å²) >= 11 is 0. The minimum atomic E-state index is 0.0831. The van der Waals surface area contributed by atoms with Gasteiger partial charge in [-0.1, -0.05) is 6.42 Å². The molecule has 0 spiro atoms. The minimum Gasteiger partial charge on any atom is -0.377 e. The Morgan fingerprint density at radius 3 is 2.50 bits per heavy atom. The number of ether oxygens (including phenoxy) is 1. The third kappa shape index (κ3) is 3.15. The zero-order valence-electron chi connectivity index (χ0n) is 12.3. The predicted octanol–water partition coefficient (Wildman–Crippen LogP) is 0.437. The number of hydrogen-bond acceptors (Lipinski definition) is 4. The van der Waals surface area contributed by atoms with Crippen LogP contribution >= 0.6 is 0 Å². The van der Waals surface area contributed by atoms with Crippen LogP contribution in [0.15, 0.2) is 0 Å². The number of hydrogen-bond donors (Lipinski definition) is 1. The van der Waals surface area contributed by atoms with E-state index in [0.29, 0.717) is 12.0 Å². The fourth-order valence-corrected chi connectivity index (χ4v) is 3.76. The molecule has 114 valence electrons. The van der Waals surface area contributed by atoms with Crippen LogP contribution in [0.2, 0.25) is 0 Å². The highest BCUT2D eigenvalue weighted by molar-refractivity contribution is 5.80. The van der Waals surface area contributed by atoms with Crippen molar-refractivity contribution in [3.8, 4) is 0 Å². The van der Waals surface area contributed by atoms with Crippen molar-refractivity contribution in [1.82, 2.24) is 9.80 Å². The number of carbonyl (C=O) groups is 1. The van der Waals surface area contributed by atoms with E-state index in [0.717, 1.165) is 58.6 Å². The molecule has 3 aliphatic rings. The molecule has 3 rings (SSSR count). The Morgan fingerprint density at radius 2 is 1.90 bits per heavy atom. The van der Waals surface area contributed by atoms with Crippen LogP contribution in [0, 0.1) is 5.92 Å². The summed E-state index contributed by atoms with van der Waals surface area (Å²) in [4.78, 5) is 16.9. The second-order valence-electron chi connectivity index (χ2n) is 6.46. The predicted molar refractivity (Wildman–Crippen MR) is 77.3 cm³/mol. The number of nitrogens with two attached hydrogens (primary N) is 1. The number of piperazine rings is 1. The van der Waals surface area contributed by atoms with Gasteiger partial charge in [-0.3, -0.25) is 9.69 Å². The zero-order valence-corrected chi connectivity index (χ0v) is 12.3. The van der Waals surface area contributed by atoms with Gasteiger partial charge in [-0.15, -0.1) is 0 Å². The van der Waals surface area contributed by atoms with Crippen LogP contribution in [-0.4, -0.2) is 67.2 Å². The van der Waals surface area contributed by atoms with Gasteiger partial charge in [-0.2, -0.15) is 0 Å². The normalized spacial score (nSPS) is 35.6. The topological polar surface area (TPSA) is 58.8 Å². The van der Waals surface area contributed by atoms with Gasteiger partial charge in [-0.25, -0.2) is 0 Å². The Hall–Kier alpha value is -0.650. The van der Waals surface area contributed by atoms with Crippen LogP contribution in [0.1, 0.15) is 32.1 Å². The number of amides is 1. The molecule has 0 aromatic rings. The van der Waals surface area contributed by atoms with E-state index in [2.05, 4.69) is 4.90 Å². The molecule has 3 unspecified atom stereocenters. The molecule has 0 bridgehead atoms. The van der Waals surface area contributed by atoms with E-state index in [1.807, 2.05) is 4.90 Å². The van der Waals surface area contributed by atoms with Gasteiger partial charge in [0.2, 0.25) is 5.91 Å². The van der Waals surface area contributed by atoms with E-state index in [-0.39, 0.29) is 12.0 Å². The Labute approximate surface area is 121 Å². The molecule has 2 N–H and O–H groups in total. The molecule has 1 saturated carbocycles. The number of rotatable bonds is 3. The average Bonchev–Trinajstić information content (AvgIpc) is 3.10. The summed E-state index contributed by atoms with van der Waals surface area (Å²) in [5.41, 5.74) is 6.05. The largest absolute Gasteiger partial charge is 0.377 e. The summed E-state index contributed by atoms with van der Waals surface area (Å²) in [6.45, 7) is 5.62. The monoisotopic (exact) mass is 281 g/mol. The molecule has 1 amide bonds. The standard InChI is InChI=1S/C15H27N3O2/c16-14-5-1-4-13(14)15(19)18-8-6-17(7-9-18)11-12-3-2-10-20-12/h12-14H,1-11,16H2. The Kier molecular flexibility index (Phi) is 4.58. The zero-order chi connectivity index (χ0) is 13.9. The van der Waals surface area contributed by atoms with Crippen molar-refractivity contribution in [2.24, 2.45) is 11.7 Å². The van der Waals surface area contributed by atoms with Gasteiger partial charge in [0, 0.05) is 45.4 Å². The van der Waals surface area contributed by atoms with Crippen molar-refractivity contribution >= 4 is 5.91 Å². The van der Waals surface area contributed by atoms with E-state index in [1.165, 1.54) is 12.8 Å². The average molecular weight is 281 g/mol. The summed E-state index contributed by atoms with van der Waals surface area (Å²) in [5, 5.41) is 0. The Bertz CT molecular complexity index is 336. The van der Waals surface area contributed by atoms with E-state index in [4.69, 9.17) is 10.5 Å². The minimum absolute atomic E-state index is 0.0831. The van der Waals surface area contributed by atoms with E-state index >= 15 is 0 Å². The van der Waals surface area contributed by atoms with Crippen LogP contribution in [0.3, 0.4) is 0 Å². The third-order valence-electron chi connectivity index (χ3n) is 5.06. The van der Waals surface area contributed by atoms with E-state index in [9.17, 15) is 4.79 Å². The molecular weight excluding hydrogens is 254 g/mol. The van der Waals surface area contributed by atoms with Crippen LogP contribution in [0.4, 0.5) is 0 Å². The maximum atomic E-state index is 12.5. The van der Waals surface area contributed by atoms with Crippen molar-refractivity contribution in [2.75, 3.05) is 39.3 Å². The van der Waals surface area contributed by atoms with Gasteiger partial charge < -0.3 is 15.4 Å². The van der Waals surface area contributed by atoms with Crippen molar-refractivity contribution in [2.45, 2.75) is 44.2 Å². The molecule has 5 nitrogen and oxygen atoms in total. The molecule has 20 heavy (non-hydrogen) atoms. The lowest BCUT2D eigenvalue weighted by Gasteiger charge is -2.37. The van der Waals surface area contributed by atoms with Crippen LogP contribution in [-0.2, 0) is 9.53 Å². The van der Waals surface area contributed by atoms with Gasteiger partial charge in [0.15, 0.2) is 0 Å². The first-order valence-electron chi connectivity index (χ1n) is 8.12. The fourth-order valence-electron chi connectivity index (χ4n) is 3.76. The molecule has 0 aromatic carbocycles. The van der Waals surface area contributed by atoms with Crippen LogP contribution in [0.5, 0.6) is 0 Å². The van der Waals surface area contributed by atoms with Gasteiger partial charge in [0.05, 0.1) is 12.0 Å². The molecule has 2 saturated heterocycles. The quantitative estimate of drug-likeness (QED) is 0.815. The van der Waals surface area contributed by atoms with Crippen molar-refractivity contribution in [1.29, 1.82) is 0 Å². The fraction of sp³-hybridized carbons (Fsp3) is 0.933. The molecule has 0 radical (unpaired) electrons. The molecule has 5 heteroatoms. The molecular formula is C15H27N3O2. The first-order valence-corrected chi connectivity index (χ1v) is 8.12. The summed E-state index contributed by atoms with van der Waals surface area (Å²) in [5.74, 6) is 0.381. The molecule has 2 aliphatic heterocycles. The summed E-state index contributed by atoms with van der Waals surface area (Å²) in [6.07, 6.45) is 5.90. The smallest absolute Gasteiger partial charge is 0.227 e. The summed E-state index contributed by atoms with van der Waals surface area (Å²) in [7, 11) is 0. The van der Waals surface area contributed by atoms with Crippen LogP contribution in [0.25, 0.3) is 0 Å². The third-order valence-corrected chi connectivity index (χ3v) is 5.06. The molecule has 0 aromatic heterocycles. The molecule has 3 atom stereocenters. The number of nitrogens with zero attached hydrogens (tertiary/aromatic N) is 2. The maximum Gasteiger partial charge on any atom is 0.227 e. The lowest BCUT2D eigenvalue weighted by Crippen LogP contribution is -2.53.